The summed E-state index contributed by atoms with van der Waals surface area (Å²) >= 11 is 12.1. The molecule has 148 valence electrons. The number of carbonyl (C=O) groups is 1. The molecule has 2 aromatic carbocycles. The van der Waals surface area contributed by atoms with Gasteiger partial charge in [0.2, 0.25) is 5.95 Å². The molecule has 3 aromatic rings. The van der Waals surface area contributed by atoms with Crippen LogP contribution in [0.3, 0.4) is 0 Å². The fraction of sp³-hybridized carbons (Fsp3) is 0.190. The van der Waals surface area contributed by atoms with Crippen molar-refractivity contribution in [2.45, 2.75) is 19.3 Å². The maximum atomic E-state index is 12.6. The molecular formula is C21H18Cl2N4O2. The molecule has 4 rings (SSSR count). The van der Waals surface area contributed by atoms with Crippen molar-refractivity contribution in [2.24, 2.45) is 0 Å². The second-order valence-electron chi connectivity index (χ2n) is 6.60. The van der Waals surface area contributed by atoms with Gasteiger partial charge in [-0.3, -0.25) is 4.79 Å². The summed E-state index contributed by atoms with van der Waals surface area (Å²) in [6.07, 6.45) is 1.98. The van der Waals surface area contributed by atoms with E-state index in [0.29, 0.717) is 39.5 Å². The van der Waals surface area contributed by atoms with E-state index in [4.69, 9.17) is 27.9 Å². The first-order valence-electron chi connectivity index (χ1n) is 9.11. The number of halogens is 2. The van der Waals surface area contributed by atoms with Crippen molar-refractivity contribution >= 4 is 52.1 Å². The lowest BCUT2D eigenvalue weighted by Crippen LogP contribution is -2.17. The predicted octanol–water partition coefficient (Wildman–Crippen LogP) is 5.80. The van der Waals surface area contributed by atoms with E-state index < -0.39 is 0 Å². The number of aromatic nitrogens is 2. The van der Waals surface area contributed by atoms with Gasteiger partial charge in [0.15, 0.2) is 5.78 Å². The molecule has 0 fully saturated rings. The SMILES string of the molecule is COc1ccc(Nc2nc3c(c(Nc4ccc(Cl)c(Cl)c4)n2)C(=O)CCC3)cc1. The number of nitrogens with zero attached hydrogens (tertiary/aromatic N) is 2. The molecule has 0 saturated carbocycles. The summed E-state index contributed by atoms with van der Waals surface area (Å²) in [6.45, 7) is 0. The third-order valence-electron chi connectivity index (χ3n) is 4.61. The number of nitrogens with one attached hydrogen (secondary N) is 2. The van der Waals surface area contributed by atoms with Crippen molar-refractivity contribution in [2.75, 3.05) is 17.7 Å². The summed E-state index contributed by atoms with van der Waals surface area (Å²) in [5, 5.41) is 7.27. The topological polar surface area (TPSA) is 76.1 Å². The van der Waals surface area contributed by atoms with E-state index in [2.05, 4.69) is 20.6 Å². The van der Waals surface area contributed by atoms with Gasteiger partial charge < -0.3 is 15.4 Å². The molecule has 1 aliphatic carbocycles. The first-order valence-corrected chi connectivity index (χ1v) is 9.86. The number of ketones is 1. The number of carbonyl (C=O) groups excluding carboxylic acids is 1. The third-order valence-corrected chi connectivity index (χ3v) is 5.35. The Morgan fingerprint density at radius 3 is 2.41 bits per heavy atom. The molecule has 0 atom stereocenters. The molecule has 29 heavy (non-hydrogen) atoms. The number of rotatable bonds is 5. The highest BCUT2D eigenvalue weighted by molar-refractivity contribution is 6.42. The van der Waals surface area contributed by atoms with Crippen LogP contribution >= 0.6 is 23.2 Å². The summed E-state index contributed by atoms with van der Waals surface area (Å²) in [7, 11) is 1.62. The van der Waals surface area contributed by atoms with E-state index in [1.807, 2.05) is 24.3 Å². The normalized spacial score (nSPS) is 13.0. The molecule has 0 bridgehead atoms. The molecule has 0 radical (unpaired) electrons. The fourth-order valence-corrected chi connectivity index (χ4v) is 3.48. The minimum atomic E-state index is 0.0322. The Morgan fingerprint density at radius 2 is 1.69 bits per heavy atom. The minimum absolute atomic E-state index is 0.0322. The number of fused-ring (bicyclic) bond motifs is 1. The number of methoxy groups -OCH3 is 1. The average molecular weight is 429 g/mol. The first-order chi connectivity index (χ1) is 14.0. The van der Waals surface area contributed by atoms with Gasteiger partial charge in [0.25, 0.3) is 0 Å². The maximum Gasteiger partial charge on any atom is 0.229 e. The zero-order valence-electron chi connectivity index (χ0n) is 15.6. The summed E-state index contributed by atoms with van der Waals surface area (Å²) in [5.74, 6) is 1.65. The predicted molar refractivity (Wildman–Crippen MR) is 115 cm³/mol. The quantitative estimate of drug-likeness (QED) is 0.534. The molecule has 0 unspecified atom stereocenters. The van der Waals surface area contributed by atoms with Crippen molar-refractivity contribution in [1.82, 2.24) is 9.97 Å². The highest BCUT2D eigenvalue weighted by Crippen LogP contribution is 2.32. The van der Waals surface area contributed by atoms with E-state index in [9.17, 15) is 4.79 Å². The summed E-state index contributed by atoms with van der Waals surface area (Å²) in [6, 6.07) is 12.6. The molecular weight excluding hydrogens is 411 g/mol. The Balaban J connectivity index is 1.70. The average Bonchev–Trinajstić information content (AvgIpc) is 2.71. The number of hydrogen-bond acceptors (Lipinski definition) is 6. The second-order valence-corrected chi connectivity index (χ2v) is 7.42. The highest BCUT2D eigenvalue weighted by Gasteiger charge is 2.25. The van der Waals surface area contributed by atoms with Crippen LogP contribution in [0.5, 0.6) is 5.75 Å². The van der Waals surface area contributed by atoms with Crippen LogP contribution in [-0.2, 0) is 6.42 Å². The largest absolute Gasteiger partial charge is 0.497 e. The van der Waals surface area contributed by atoms with Gasteiger partial charge >= 0.3 is 0 Å². The van der Waals surface area contributed by atoms with E-state index in [-0.39, 0.29) is 5.78 Å². The lowest BCUT2D eigenvalue weighted by molar-refractivity contribution is 0.0972. The number of hydrogen-bond donors (Lipinski definition) is 2. The third kappa shape index (κ3) is 4.28. The van der Waals surface area contributed by atoms with Gasteiger partial charge in [-0.1, -0.05) is 23.2 Å². The molecule has 1 aliphatic rings. The van der Waals surface area contributed by atoms with Crippen molar-refractivity contribution in [3.8, 4) is 5.75 Å². The molecule has 0 saturated heterocycles. The van der Waals surface area contributed by atoms with Crippen LogP contribution in [0.1, 0.15) is 28.9 Å². The first kappa shape index (κ1) is 19.5. The van der Waals surface area contributed by atoms with Crippen molar-refractivity contribution < 1.29 is 9.53 Å². The molecule has 1 aromatic heterocycles. The Bertz CT molecular complexity index is 1070. The van der Waals surface area contributed by atoms with Gasteiger partial charge in [-0.25, -0.2) is 4.98 Å². The molecule has 0 spiro atoms. The maximum absolute atomic E-state index is 12.6. The fourth-order valence-electron chi connectivity index (χ4n) is 3.18. The van der Waals surface area contributed by atoms with Gasteiger partial charge in [0, 0.05) is 17.8 Å². The Labute approximate surface area is 178 Å². The van der Waals surface area contributed by atoms with Gasteiger partial charge in [0.05, 0.1) is 28.4 Å². The van der Waals surface area contributed by atoms with Gasteiger partial charge in [-0.2, -0.15) is 4.98 Å². The zero-order valence-corrected chi connectivity index (χ0v) is 17.1. The van der Waals surface area contributed by atoms with Crippen molar-refractivity contribution in [1.29, 1.82) is 0 Å². The number of Topliss-reactive ketones (excluding diaryl/α,β-unsaturated/α-hetero) is 1. The van der Waals surface area contributed by atoms with Gasteiger partial charge in [0.1, 0.15) is 11.6 Å². The minimum Gasteiger partial charge on any atom is -0.497 e. The summed E-state index contributed by atoms with van der Waals surface area (Å²) in [5.41, 5.74) is 2.76. The van der Waals surface area contributed by atoms with Crippen LogP contribution in [0.15, 0.2) is 42.5 Å². The van der Waals surface area contributed by atoms with Crippen LogP contribution in [0.25, 0.3) is 0 Å². The van der Waals surface area contributed by atoms with Crippen molar-refractivity contribution in [3.05, 3.63) is 63.8 Å². The Kier molecular flexibility index (Phi) is 5.56. The Hall–Kier alpha value is -2.83. The van der Waals surface area contributed by atoms with Crippen LogP contribution in [0.2, 0.25) is 10.0 Å². The van der Waals surface area contributed by atoms with Crippen molar-refractivity contribution in [3.63, 3.8) is 0 Å². The lowest BCUT2D eigenvalue weighted by Gasteiger charge is -2.19. The highest BCUT2D eigenvalue weighted by atomic mass is 35.5. The molecule has 6 nitrogen and oxygen atoms in total. The molecule has 2 N–H and O–H groups in total. The summed E-state index contributed by atoms with van der Waals surface area (Å²) < 4.78 is 5.18. The lowest BCUT2D eigenvalue weighted by atomic mass is 9.95. The van der Waals surface area contributed by atoms with E-state index in [1.165, 1.54) is 0 Å². The van der Waals surface area contributed by atoms with E-state index >= 15 is 0 Å². The second kappa shape index (κ2) is 8.27. The van der Waals surface area contributed by atoms with E-state index in [0.717, 1.165) is 30.0 Å². The standard InChI is InChI=1S/C21H18Cl2N4O2/c1-29-14-8-5-12(6-9-14)25-21-26-17-3-2-4-18(28)19(17)20(27-21)24-13-7-10-15(22)16(23)11-13/h5-11H,2-4H2,1H3,(H2,24,25,26,27). The van der Waals surface area contributed by atoms with Crippen LogP contribution in [-0.4, -0.2) is 22.9 Å². The van der Waals surface area contributed by atoms with Crippen LogP contribution in [0.4, 0.5) is 23.1 Å². The monoisotopic (exact) mass is 428 g/mol. The number of benzene rings is 2. The molecule has 0 amide bonds. The molecule has 0 aliphatic heterocycles. The van der Waals surface area contributed by atoms with Gasteiger partial charge in [-0.15, -0.1) is 0 Å². The van der Waals surface area contributed by atoms with Crippen LogP contribution in [0, 0.1) is 0 Å². The molecule has 1 heterocycles. The molecule has 8 heteroatoms. The summed E-state index contributed by atoms with van der Waals surface area (Å²) in [4.78, 5) is 21.7. The van der Waals surface area contributed by atoms with E-state index in [1.54, 1.807) is 25.3 Å². The zero-order chi connectivity index (χ0) is 20.4. The smallest absolute Gasteiger partial charge is 0.229 e. The number of aryl methyl sites for hydroxylation is 1. The number of anilines is 4. The van der Waals surface area contributed by atoms with Gasteiger partial charge in [-0.05, 0) is 55.3 Å². The Morgan fingerprint density at radius 1 is 0.931 bits per heavy atom. The van der Waals surface area contributed by atoms with Crippen LogP contribution < -0.4 is 15.4 Å². The number of ether oxygens (including phenoxy) is 1.